The SMILES string of the molecule is [2H]c1cc(C)c(C)n([2H])c1=O. The Balaban J connectivity index is 3.59. The van der Waals surface area contributed by atoms with Gasteiger partial charge in [-0.2, -0.15) is 0 Å². The quantitative estimate of drug-likeness (QED) is 0.551. The van der Waals surface area contributed by atoms with Gasteiger partial charge >= 0.3 is 0 Å². The van der Waals surface area contributed by atoms with Gasteiger partial charge in [-0.25, -0.2) is 0 Å². The van der Waals surface area contributed by atoms with Crippen molar-refractivity contribution in [2.24, 2.45) is 0 Å². The minimum atomic E-state index is -0.562. The van der Waals surface area contributed by atoms with Crippen LogP contribution in [0.4, 0.5) is 0 Å². The van der Waals surface area contributed by atoms with Crippen LogP contribution in [-0.2, 0) is 0 Å². The maximum atomic E-state index is 10.9. The van der Waals surface area contributed by atoms with E-state index in [0.29, 0.717) is 5.69 Å². The maximum absolute atomic E-state index is 10.9. The summed E-state index contributed by atoms with van der Waals surface area (Å²) in [6, 6.07) is 1.35. The molecule has 0 aromatic carbocycles. The molecule has 0 atom stereocenters. The smallest absolute Gasteiger partial charge is 0.248 e. The average Bonchev–Trinajstić information content (AvgIpc) is 1.97. The molecule has 48 valence electrons. The van der Waals surface area contributed by atoms with Gasteiger partial charge in [0.1, 0.15) is 0 Å². The van der Waals surface area contributed by atoms with Crippen molar-refractivity contribution in [2.45, 2.75) is 13.8 Å². The summed E-state index contributed by atoms with van der Waals surface area (Å²) in [7, 11) is 0. The van der Waals surface area contributed by atoms with E-state index < -0.39 is 5.56 Å². The summed E-state index contributed by atoms with van der Waals surface area (Å²) < 4.78 is 14.4. The lowest BCUT2D eigenvalue weighted by Gasteiger charge is -1.94. The average molecular weight is 125 g/mol. The Labute approximate surface area is 56.4 Å². The second-order valence-electron chi connectivity index (χ2n) is 1.97. The van der Waals surface area contributed by atoms with Gasteiger partial charge in [-0.3, -0.25) is 4.79 Å². The van der Waals surface area contributed by atoms with E-state index in [2.05, 4.69) is 0 Å². The van der Waals surface area contributed by atoms with Crippen LogP contribution in [0.1, 0.15) is 12.6 Å². The molecule has 1 aromatic rings. The summed E-state index contributed by atoms with van der Waals surface area (Å²) in [5.41, 5.74) is 0.823. The largest absolute Gasteiger partial charge is 0.326 e. The summed E-state index contributed by atoms with van der Waals surface area (Å²) in [6.07, 6.45) is 0. The molecule has 1 heterocycles. The van der Waals surface area contributed by atoms with Gasteiger partial charge < -0.3 is 4.98 Å². The van der Waals surface area contributed by atoms with Crippen molar-refractivity contribution in [1.82, 2.24) is 4.98 Å². The van der Waals surface area contributed by atoms with Crippen molar-refractivity contribution >= 4 is 0 Å². The van der Waals surface area contributed by atoms with Crippen LogP contribution in [0.15, 0.2) is 16.9 Å². The van der Waals surface area contributed by atoms with Crippen molar-refractivity contribution in [1.29, 1.82) is 0 Å². The van der Waals surface area contributed by atoms with Gasteiger partial charge in [0.15, 0.2) is 1.41 Å². The normalized spacial score (nSPS) is 12.7. The van der Waals surface area contributed by atoms with Gasteiger partial charge in [-0.1, -0.05) is 6.07 Å². The molecular formula is C7H9NO. The molecule has 0 saturated heterocycles. The third-order valence-electron chi connectivity index (χ3n) is 1.25. The predicted octanol–water partition coefficient (Wildman–Crippen LogP) is 0.992. The standard InChI is InChI=1S/C7H9NO/c1-5-3-4-7(9)8-6(5)2/h3-4H,1-2H3,(H,8,9)/i4D/hD. The molecular weight excluding hydrogens is 114 g/mol. The number of pyridine rings is 1. The molecule has 0 aliphatic carbocycles. The zero-order chi connectivity index (χ0) is 8.59. The van der Waals surface area contributed by atoms with Crippen molar-refractivity contribution in [3.05, 3.63) is 33.7 Å². The molecule has 1 aromatic heterocycles. The van der Waals surface area contributed by atoms with E-state index in [-0.39, 0.29) is 6.04 Å². The van der Waals surface area contributed by atoms with Crippen molar-refractivity contribution in [3.8, 4) is 0 Å². The summed E-state index contributed by atoms with van der Waals surface area (Å²) >= 11 is 0. The van der Waals surface area contributed by atoms with Crippen LogP contribution in [-0.4, -0.2) is 4.98 Å². The van der Waals surface area contributed by atoms with E-state index in [1.54, 1.807) is 13.8 Å². The van der Waals surface area contributed by atoms with E-state index in [1.165, 1.54) is 6.07 Å². The molecule has 2 nitrogen and oxygen atoms in total. The van der Waals surface area contributed by atoms with Crippen molar-refractivity contribution in [3.63, 3.8) is 0 Å². The van der Waals surface area contributed by atoms with Gasteiger partial charge in [0.2, 0.25) is 5.56 Å². The van der Waals surface area contributed by atoms with Crippen molar-refractivity contribution in [2.75, 3.05) is 0 Å². The number of nitrogens with one attached hydrogen (secondary N) is 1. The number of aromatic nitrogens is 1. The Kier molecular flexibility index (Phi) is 0.884. The van der Waals surface area contributed by atoms with Crippen LogP contribution >= 0.6 is 0 Å². The predicted molar refractivity (Wildman–Crippen MR) is 36.5 cm³/mol. The molecule has 0 unspecified atom stereocenters. The second kappa shape index (κ2) is 2.05. The third-order valence-corrected chi connectivity index (χ3v) is 1.25. The van der Waals surface area contributed by atoms with Crippen LogP contribution in [0.2, 0.25) is 1.41 Å². The molecule has 1 rings (SSSR count). The Morgan fingerprint density at radius 2 is 2.44 bits per heavy atom. The fraction of sp³-hybridized carbons (Fsp3) is 0.286. The molecule has 0 aliphatic heterocycles. The third kappa shape index (κ3) is 1.19. The van der Waals surface area contributed by atoms with Crippen molar-refractivity contribution < 1.29 is 2.78 Å². The first-order valence-electron chi connectivity index (χ1n) is 3.68. The molecule has 0 spiro atoms. The minimum absolute atomic E-state index is 0.122. The van der Waals surface area contributed by atoms with E-state index in [4.69, 9.17) is 2.78 Å². The van der Waals surface area contributed by atoms with E-state index >= 15 is 0 Å². The highest BCUT2D eigenvalue weighted by molar-refractivity contribution is 5.15. The maximum Gasteiger partial charge on any atom is 0.248 e. The Morgan fingerprint density at radius 3 is 3.11 bits per heavy atom. The molecule has 1 N–H and O–H groups in total. The Hall–Kier alpha value is -1.05. The number of hydrogen-bond donors (Lipinski definition) is 1. The molecule has 2 heteroatoms. The first-order valence-corrected chi connectivity index (χ1v) is 2.73. The summed E-state index contributed by atoms with van der Waals surface area (Å²) in [6.45, 7) is 3.46. The molecule has 0 fully saturated rings. The van der Waals surface area contributed by atoms with E-state index in [1.807, 2.05) is 0 Å². The Morgan fingerprint density at radius 1 is 1.78 bits per heavy atom. The lowest BCUT2D eigenvalue weighted by atomic mass is 10.2. The molecule has 0 amide bonds. The highest BCUT2D eigenvalue weighted by Gasteiger charge is 1.88. The van der Waals surface area contributed by atoms with Crippen LogP contribution in [0.3, 0.4) is 0 Å². The van der Waals surface area contributed by atoms with E-state index in [0.717, 1.165) is 10.5 Å². The van der Waals surface area contributed by atoms with Crippen LogP contribution in [0.5, 0.6) is 0 Å². The lowest BCUT2D eigenvalue weighted by Crippen LogP contribution is -2.05. The van der Waals surface area contributed by atoms with Crippen LogP contribution in [0, 0.1) is 13.8 Å². The zero-order valence-corrected chi connectivity index (χ0v) is 5.43. The number of aryl methyl sites for hydroxylation is 1. The number of aromatic amines is 1. The first kappa shape index (κ1) is 3.88. The molecule has 0 bridgehead atoms. The molecule has 0 radical (unpaired) electrons. The highest BCUT2D eigenvalue weighted by atomic mass is 16.1. The fourth-order valence-electron chi connectivity index (χ4n) is 0.547. The summed E-state index contributed by atoms with van der Waals surface area (Å²) in [5, 5.41) is 0. The van der Waals surface area contributed by atoms with Crippen LogP contribution in [0.25, 0.3) is 0 Å². The van der Waals surface area contributed by atoms with E-state index in [9.17, 15) is 4.79 Å². The van der Waals surface area contributed by atoms with Gasteiger partial charge in [0.25, 0.3) is 0 Å². The monoisotopic (exact) mass is 125 g/mol. The molecule has 0 aliphatic rings. The number of rotatable bonds is 0. The first-order chi connectivity index (χ1) is 5.04. The van der Waals surface area contributed by atoms with Gasteiger partial charge in [-0.05, 0) is 19.4 Å². The number of hydrogen-bond acceptors (Lipinski definition) is 1. The highest BCUT2D eigenvalue weighted by Crippen LogP contribution is 1.95. The summed E-state index contributed by atoms with van der Waals surface area (Å²) in [5.74, 6) is 0. The Bertz CT molecular complexity index is 343. The topological polar surface area (TPSA) is 32.9 Å². The van der Waals surface area contributed by atoms with Gasteiger partial charge in [-0.15, -0.1) is 0 Å². The molecule has 9 heavy (non-hydrogen) atoms. The van der Waals surface area contributed by atoms with Crippen LogP contribution < -0.4 is 5.56 Å². The summed E-state index contributed by atoms with van der Waals surface area (Å²) in [4.78, 5) is 11.7. The second-order valence-corrected chi connectivity index (χ2v) is 1.97. The fourth-order valence-corrected chi connectivity index (χ4v) is 0.547. The molecule has 0 saturated carbocycles. The lowest BCUT2D eigenvalue weighted by molar-refractivity contribution is 1.10. The number of H-pyrrole nitrogens is 1. The van der Waals surface area contributed by atoms with Gasteiger partial charge in [0, 0.05) is 11.7 Å². The zero-order valence-electron chi connectivity index (χ0n) is 7.43. The van der Waals surface area contributed by atoms with Gasteiger partial charge in [0.05, 0.1) is 1.37 Å². The minimum Gasteiger partial charge on any atom is -0.326 e.